The van der Waals surface area contributed by atoms with Crippen LogP contribution < -0.4 is 10.2 Å². The Bertz CT molecular complexity index is 426. The van der Waals surface area contributed by atoms with Crippen molar-refractivity contribution in [1.29, 1.82) is 0 Å². The second-order valence-corrected chi connectivity index (χ2v) is 5.17. The van der Waals surface area contributed by atoms with Gasteiger partial charge in [-0.2, -0.15) is 0 Å². The van der Waals surface area contributed by atoms with Gasteiger partial charge in [0.25, 0.3) is 0 Å². The van der Waals surface area contributed by atoms with Crippen molar-refractivity contribution in [3.8, 4) is 0 Å². The molecule has 0 atom stereocenters. The van der Waals surface area contributed by atoms with E-state index in [4.69, 9.17) is 0 Å². The second-order valence-electron chi connectivity index (χ2n) is 5.17. The number of piperazine rings is 1. The third kappa shape index (κ3) is 3.13. The molecule has 0 unspecified atom stereocenters. The van der Waals surface area contributed by atoms with Gasteiger partial charge in [0.05, 0.1) is 6.20 Å². The molecule has 1 aliphatic heterocycles. The molecule has 3 rings (SSSR count). The van der Waals surface area contributed by atoms with E-state index in [9.17, 15) is 4.79 Å². The van der Waals surface area contributed by atoms with Crippen LogP contribution in [0.25, 0.3) is 0 Å². The summed E-state index contributed by atoms with van der Waals surface area (Å²) < 4.78 is 0. The molecular formula is C13H19N5O. The zero-order chi connectivity index (χ0) is 13.1. The summed E-state index contributed by atoms with van der Waals surface area (Å²) in [5.74, 6) is 1.62. The second kappa shape index (κ2) is 5.42. The van der Waals surface area contributed by atoms with Crippen LogP contribution in [0.2, 0.25) is 0 Å². The van der Waals surface area contributed by atoms with Crippen LogP contribution in [0.5, 0.6) is 0 Å². The molecule has 1 N–H and O–H groups in total. The largest absolute Gasteiger partial charge is 0.352 e. The summed E-state index contributed by atoms with van der Waals surface area (Å²) in [7, 11) is 0. The van der Waals surface area contributed by atoms with Crippen LogP contribution in [-0.4, -0.2) is 53.6 Å². The minimum Gasteiger partial charge on any atom is -0.352 e. The molecule has 1 saturated heterocycles. The highest BCUT2D eigenvalue weighted by Crippen LogP contribution is 2.27. The molecule has 0 spiro atoms. The lowest BCUT2D eigenvalue weighted by atomic mass is 10.3. The average Bonchev–Trinajstić information content (AvgIpc) is 3.30. The lowest BCUT2D eigenvalue weighted by Gasteiger charge is -2.35. The molecule has 0 bridgehead atoms. The highest BCUT2D eigenvalue weighted by Gasteiger charge is 2.25. The summed E-state index contributed by atoms with van der Waals surface area (Å²) in [6.45, 7) is 3.95. The van der Waals surface area contributed by atoms with E-state index < -0.39 is 0 Å². The van der Waals surface area contributed by atoms with Crippen molar-refractivity contribution in [1.82, 2.24) is 20.2 Å². The van der Waals surface area contributed by atoms with Crippen LogP contribution in [0.4, 0.5) is 10.6 Å². The highest BCUT2D eigenvalue weighted by atomic mass is 16.2. The van der Waals surface area contributed by atoms with Gasteiger partial charge in [-0.05, 0) is 18.8 Å². The van der Waals surface area contributed by atoms with Crippen molar-refractivity contribution in [2.24, 2.45) is 5.92 Å². The smallest absolute Gasteiger partial charge is 0.317 e. The zero-order valence-corrected chi connectivity index (χ0v) is 11.0. The van der Waals surface area contributed by atoms with E-state index in [2.05, 4.69) is 20.2 Å². The Labute approximate surface area is 112 Å². The molecule has 1 saturated carbocycles. The normalized spacial score (nSPS) is 19.4. The number of rotatable bonds is 3. The topological polar surface area (TPSA) is 61.4 Å². The number of carbonyl (C=O) groups is 1. The van der Waals surface area contributed by atoms with Crippen molar-refractivity contribution >= 4 is 11.8 Å². The Hall–Kier alpha value is -1.85. The number of aromatic nitrogens is 2. The molecule has 2 amide bonds. The predicted octanol–water partition coefficient (Wildman–Crippen LogP) is 0.718. The van der Waals surface area contributed by atoms with Gasteiger partial charge >= 0.3 is 6.03 Å². The van der Waals surface area contributed by atoms with Gasteiger partial charge in [0, 0.05) is 45.1 Å². The average molecular weight is 261 g/mol. The first-order chi connectivity index (χ1) is 9.33. The molecule has 19 heavy (non-hydrogen) atoms. The lowest BCUT2D eigenvalue weighted by Crippen LogP contribution is -2.52. The van der Waals surface area contributed by atoms with Gasteiger partial charge in [-0.25, -0.2) is 9.78 Å². The molecule has 1 aromatic rings. The maximum absolute atomic E-state index is 11.9. The Morgan fingerprint density at radius 3 is 2.68 bits per heavy atom. The van der Waals surface area contributed by atoms with Crippen LogP contribution in [0.15, 0.2) is 18.6 Å². The SMILES string of the molecule is O=C(NCC1CC1)N1CCN(c2cnccn2)CC1. The molecule has 2 heterocycles. The van der Waals surface area contributed by atoms with Crippen LogP contribution in [-0.2, 0) is 0 Å². The van der Waals surface area contributed by atoms with Gasteiger partial charge < -0.3 is 15.1 Å². The first-order valence-corrected chi connectivity index (χ1v) is 6.86. The zero-order valence-electron chi connectivity index (χ0n) is 11.0. The maximum Gasteiger partial charge on any atom is 0.317 e. The fourth-order valence-corrected chi connectivity index (χ4v) is 2.26. The number of urea groups is 1. The fourth-order valence-electron chi connectivity index (χ4n) is 2.26. The third-order valence-electron chi connectivity index (χ3n) is 3.68. The third-order valence-corrected chi connectivity index (χ3v) is 3.68. The van der Waals surface area contributed by atoms with E-state index in [0.29, 0.717) is 0 Å². The van der Waals surface area contributed by atoms with Gasteiger partial charge in [-0.15, -0.1) is 0 Å². The first kappa shape index (κ1) is 12.2. The number of nitrogens with zero attached hydrogens (tertiary/aromatic N) is 4. The maximum atomic E-state index is 11.9. The summed E-state index contributed by atoms with van der Waals surface area (Å²) in [4.78, 5) is 24.3. The molecule has 1 aromatic heterocycles. The van der Waals surface area contributed by atoms with Crippen molar-refractivity contribution in [2.45, 2.75) is 12.8 Å². The van der Waals surface area contributed by atoms with Crippen LogP contribution in [0, 0.1) is 5.92 Å². The number of amides is 2. The van der Waals surface area contributed by atoms with E-state index in [1.165, 1.54) is 12.8 Å². The quantitative estimate of drug-likeness (QED) is 0.871. The van der Waals surface area contributed by atoms with Crippen LogP contribution in [0.1, 0.15) is 12.8 Å². The molecule has 1 aliphatic carbocycles. The number of anilines is 1. The van der Waals surface area contributed by atoms with Crippen molar-refractivity contribution < 1.29 is 4.79 Å². The predicted molar refractivity (Wildman–Crippen MR) is 71.9 cm³/mol. The Balaban J connectivity index is 1.47. The standard InChI is InChI=1S/C13H19N5O/c19-13(16-9-11-1-2-11)18-7-5-17(6-8-18)12-10-14-3-4-15-12/h3-4,10-11H,1-2,5-9H2,(H,16,19). The van der Waals surface area contributed by atoms with E-state index in [-0.39, 0.29) is 6.03 Å². The summed E-state index contributed by atoms with van der Waals surface area (Å²) >= 11 is 0. The number of nitrogens with one attached hydrogen (secondary N) is 1. The Kier molecular flexibility index (Phi) is 3.48. The number of hydrogen-bond acceptors (Lipinski definition) is 4. The van der Waals surface area contributed by atoms with Crippen molar-refractivity contribution in [3.05, 3.63) is 18.6 Å². The monoisotopic (exact) mass is 261 g/mol. The molecule has 2 fully saturated rings. The Morgan fingerprint density at radius 1 is 1.26 bits per heavy atom. The van der Waals surface area contributed by atoms with E-state index in [1.54, 1.807) is 18.6 Å². The number of carbonyl (C=O) groups excluding carboxylic acids is 1. The summed E-state index contributed by atoms with van der Waals surface area (Å²) in [6, 6.07) is 0.0747. The fraction of sp³-hybridized carbons (Fsp3) is 0.615. The van der Waals surface area contributed by atoms with Crippen LogP contribution >= 0.6 is 0 Å². The summed E-state index contributed by atoms with van der Waals surface area (Å²) in [5, 5.41) is 3.01. The number of hydrogen-bond donors (Lipinski definition) is 1. The van der Waals surface area contributed by atoms with Crippen molar-refractivity contribution in [3.63, 3.8) is 0 Å². The van der Waals surface area contributed by atoms with Gasteiger partial charge in [0.1, 0.15) is 5.82 Å². The molecule has 6 heteroatoms. The van der Waals surface area contributed by atoms with E-state index in [0.717, 1.165) is 44.5 Å². The van der Waals surface area contributed by atoms with Gasteiger partial charge in [-0.3, -0.25) is 4.98 Å². The summed E-state index contributed by atoms with van der Waals surface area (Å²) in [6.07, 6.45) is 7.67. The molecule has 0 aromatic carbocycles. The Morgan fingerprint density at radius 2 is 2.05 bits per heavy atom. The first-order valence-electron chi connectivity index (χ1n) is 6.86. The van der Waals surface area contributed by atoms with E-state index in [1.807, 2.05) is 4.90 Å². The summed E-state index contributed by atoms with van der Waals surface area (Å²) in [5.41, 5.74) is 0. The lowest BCUT2D eigenvalue weighted by molar-refractivity contribution is 0.194. The van der Waals surface area contributed by atoms with Crippen LogP contribution in [0.3, 0.4) is 0 Å². The molecule has 6 nitrogen and oxygen atoms in total. The van der Waals surface area contributed by atoms with Gasteiger partial charge in [0.2, 0.25) is 0 Å². The minimum atomic E-state index is 0.0747. The van der Waals surface area contributed by atoms with Gasteiger partial charge in [-0.1, -0.05) is 0 Å². The molecule has 102 valence electrons. The highest BCUT2D eigenvalue weighted by molar-refractivity contribution is 5.74. The van der Waals surface area contributed by atoms with Gasteiger partial charge in [0.15, 0.2) is 0 Å². The minimum absolute atomic E-state index is 0.0747. The molecule has 0 radical (unpaired) electrons. The van der Waals surface area contributed by atoms with Crippen molar-refractivity contribution in [2.75, 3.05) is 37.6 Å². The molecular weight excluding hydrogens is 242 g/mol. The molecule has 2 aliphatic rings. The van der Waals surface area contributed by atoms with E-state index >= 15 is 0 Å².